The van der Waals surface area contributed by atoms with E-state index in [0.29, 0.717) is 24.2 Å². The molecule has 0 saturated heterocycles. The van der Waals surface area contributed by atoms with Gasteiger partial charge >= 0.3 is 0 Å². The molecule has 10 nitrogen and oxygen atoms in total. The van der Waals surface area contributed by atoms with Gasteiger partial charge in [-0.1, -0.05) is 97.6 Å². The Kier molecular flexibility index (Phi) is 17.5. The average molecular weight is 627 g/mol. The van der Waals surface area contributed by atoms with Gasteiger partial charge in [-0.3, -0.25) is 19.2 Å². The Hall–Kier alpha value is -3.24. The standard InChI is InChI=1S/C35H58N6O4/c1-26(2)30(34(44)40-22-16-28(17-23-40)32(36)42)38-20-14-12-10-8-6-5-7-9-11-13-15-21-39-31(27(3)4)35(45)41-24-18-29(19-25-41)33(37)43/h16-19,22,24,26-27,30-31,38-39H,5-15,20-21,23,25H2,1-4H3,(H2,36,42)(H2,37,43). The Balaban J connectivity index is 1.47. The number of nitrogens with two attached hydrogens (primary N) is 2. The summed E-state index contributed by atoms with van der Waals surface area (Å²) >= 11 is 0. The predicted molar refractivity (Wildman–Crippen MR) is 180 cm³/mol. The minimum atomic E-state index is -0.474. The molecule has 0 spiro atoms. The van der Waals surface area contributed by atoms with Crippen LogP contribution >= 0.6 is 0 Å². The van der Waals surface area contributed by atoms with E-state index in [-0.39, 0.29) is 35.7 Å². The van der Waals surface area contributed by atoms with Gasteiger partial charge in [0.15, 0.2) is 0 Å². The van der Waals surface area contributed by atoms with Gasteiger partial charge in [-0.05, 0) is 49.9 Å². The predicted octanol–water partition coefficient (Wildman–Crippen LogP) is 4.04. The number of hydrogen-bond acceptors (Lipinski definition) is 6. The van der Waals surface area contributed by atoms with Gasteiger partial charge in [0.05, 0.1) is 12.1 Å². The third-order valence-corrected chi connectivity index (χ3v) is 8.47. The fourth-order valence-corrected chi connectivity index (χ4v) is 5.61. The second kappa shape index (κ2) is 20.7. The third kappa shape index (κ3) is 13.7. The van der Waals surface area contributed by atoms with E-state index in [1.54, 1.807) is 46.5 Å². The van der Waals surface area contributed by atoms with Crippen LogP contribution in [0.1, 0.15) is 98.3 Å². The van der Waals surface area contributed by atoms with Crippen LogP contribution in [0, 0.1) is 11.8 Å². The smallest absolute Gasteiger partial charge is 0.248 e. The Labute approximate surface area is 270 Å². The summed E-state index contributed by atoms with van der Waals surface area (Å²) in [6.45, 7) is 10.6. The number of hydrogen-bond donors (Lipinski definition) is 4. The number of rotatable bonds is 22. The van der Waals surface area contributed by atoms with Gasteiger partial charge in [0.1, 0.15) is 0 Å². The Morgan fingerprint density at radius 2 is 0.911 bits per heavy atom. The molecule has 45 heavy (non-hydrogen) atoms. The summed E-state index contributed by atoms with van der Waals surface area (Å²) in [5, 5.41) is 6.89. The molecular weight excluding hydrogens is 568 g/mol. The number of nitrogens with zero attached hydrogens (tertiary/aromatic N) is 2. The molecule has 2 aliphatic rings. The molecule has 0 aromatic heterocycles. The fourth-order valence-electron chi connectivity index (χ4n) is 5.61. The molecule has 2 rings (SSSR count). The largest absolute Gasteiger partial charge is 0.366 e. The van der Waals surface area contributed by atoms with Crippen LogP contribution < -0.4 is 22.1 Å². The third-order valence-electron chi connectivity index (χ3n) is 8.47. The number of carbonyl (C=O) groups is 4. The highest BCUT2D eigenvalue weighted by molar-refractivity contribution is 5.96. The monoisotopic (exact) mass is 626 g/mol. The molecule has 0 aliphatic carbocycles. The summed E-state index contributed by atoms with van der Waals surface area (Å²) in [4.78, 5) is 51.8. The molecule has 0 fully saturated rings. The van der Waals surface area contributed by atoms with Crippen molar-refractivity contribution in [3.05, 3.63) is 47.9 Å². The van der Waals surface area contributed by atoms with E-state index in [4.69, 9.17) is 11.5 Å². The number of carbonyl (C=O) groups excluding carboxylic acids is 4. The van der Waals surface area contributed by atoms with E-state index in [2.05, 4.69) is 10.6 Å². The van der Waals surface area contributed by atoms with Crippen molar-refractivity contribution in [1.29, 1.82) is 0 Å². The Morgan fingerprint density at radius 1 is 0.600 bits per heavy atom. The minimum absolute atomic E-state index is 0.0259. The molecule has 0 aromatic carbocycles. The number of unbranched alkanes of at least 4 members (excludes halogenated alkanes) is 10. The first-order chi connectivity index (χ1) is 21.5. The molecule has 0 bridgehead atoms. The zero-order chi connectivity index (χ0) is 33.2. The van der Waals surface area contributed by atoms with Gasteiger partial charge in [0.25, 0.3) is 0 Å². The highest BCUT2D eigenvalue weighted by atomic mass is 16.2. The maximum atomic E-state index is 13.0. The zero-order valence-electron chi connectivity index (χ0n) is 28.1. The molecule has 10 heteroatoms. The van der Waals surface area contributed by atoms with Crippen molar-refractivity contribution in [2.45, 2.75) is 110 Å². The van der Waals surface area contributed by atoms with Crippen molar-refractivity contribution in [2.24, 2.45) is 23.3 Å². The van der Waals surface area contributed by atoms with Crippen LogP contribution in [0.2, 0.25) is 0 Å². The second-order valence-corrected chi connectivity index (χ2v) is 12.9. The van der Waals surface area contributed by atoms with Crippen LogP contribution in [0.5, 0.6) is 0 Å². The van der Waals surface area contributed by atoms with Crippen LogP contribution in [-0.4, -0.2) is 71.7 Å². The van der Waals surface area contributed by atoms with E-state index in [1.165, 1.54) is 44.9 Å². The van der Waals surface area contributed by atoms with E-state index < -0.39 is 11.8 Å². The van der Waals surface area contributed by atoms with Crippen molar-refractivity contribution < 1.29 is 19.2 Å². The van der Waals surface area contributed by atoms with Crippen LogP contribution in [0.25, 0.3) is 0 Å². The van der Waals surface area contributed by atoms with Crippen LogP contribution in [-0.2, 0) is 19.2 Å². The van der Waals surface area contributed by atoms with Gasteiger partial charge in [-0.15, -0.1) is 0 Å². The zero-order valence-corrected chi connectivity index (χ0v) is 28.1. The summed E-state index contributed by atoms with van der Waals surface area (Å²) < 4.78 is 0. The van der Waals surface area contributed by atoms with Gasteiger partial charge in [0.2, 0.25) is 23.6 Å². The normalized spacial score (nSPS) is 16.1. The van der Waals surface area contributed by atoms with Crippen molar-refractivity contribution in [3.63, 3.8) is 0 Å². The summed E-state index contributed by atoms with van der Waals surface area (Å²) in [6.07, 6.45) is 23.1. The van der Waals surface area contributed by atoms with Crippen molar-refractivity contribution in [1.82, 2.24) is 20.4 Å². The molecule has 252 valence electrons. The highest BCUT2D eigenvalue weighted by Gasteiger charge is 2.27. The lowest BCUT2D eigenvalue weighted by molar-refractivity contribution is -0.132. The maximum Gasteiger partial charge on any atom is 0.248 e. The first kappa shape index (κ1) is 37.9. The fraction of sp³-hybridized carbons (Fsp3) is 0.657. The van der Waals surface area contributed by atoms with Gasteiger partial charge in [-0.2, -0.15) is 0 Å². The lowest BCUT2D eigenvalue weighted by atomic mass is 10.0. The molecule has 0 radical (unpaired) electrons. The summed E-state index contributed by atoms with van der Waals surface area (Å²) in [6, 6.07) is -0.496. The molecule has 2 atom stereocenters. The highest BCUT2D eigenvalue weighted by Crippen LogP contribution is 2.15. The SMILES string of the molecule is CC(C)C(NCCCCCCCCCCCCCNC(C(=O)N1C=CC(C(N)=O)=CC1)C(C)C)C(=O)N1C=CC(C(N)=O)=CC1. The first-order valence-electron chi connectivity index (χ1n) is 17.0. The lowest BCUT2D eigenvalue weighted by Gasteiger charge is -2.28. The van der Waals surface area contributed by atoms with E-state index in [1.807, 2.05) is 27.7 Å². The Bertz CT molecular complexity index is 1010. The van der Waals surface area contributed by atoms with Gasteiger partial charge in [-0.25, -0.2) is 0 Å². The lowest BCUT2D eigenvalue weighted by Crippen LogP contribution is -2.48. The second-order valence-electron chi connectivity index (χ2n) is 12.9. The van der Waals surface area contributed by atoms with Crippen molar-refractivity contribution in [2.75, 3.05) is 26.2 Å². The number of amides is 4. The number of nitrogens with one attached hydrogen (secondary N) is 2. The molecule has 2 aliphatic heterocycles. The quantitative estimate of drug-likeness (QED) is 0.133. The van der Waals surface area contributed by atoms with Crippen molar-refractivity contribution in [3.8, 4) is 0 Å². The van der Waals surface area contributed by atoms with E-state index >= 15 is 0 Å². The van der Waals surface area contributed by atoms with Crippen LogP contribution in [0.15, 0.2) is 47.9 Å². The molecule has 2 unspecified atom stereocenters. The van der Waals surface area contributed by atoms with Crippen LogP contribution in [0.3, 0.4) is 0 Å². The first-order valence-corrected chi connectivity index (χ1v) is 17.0. The average Bonchev–Trinajstić information content (AvgIpc) is 3.01. The molecular formula is C35H58N6O4. The minimum Gasteiger partial charge on any atom is -0.366 e. The number of primary amides is 2. The Morgan fingerprint density at radius 3 is 1.16 bits per heavy atom. The van der Waals surface area contributed by atoms with Gasteiger partial charge in [0, 0.05) is 36.6 Å². The summed E-state index contributed by atoms with van der Waals surface area (Å²) in [7, 11) is 0. The van der Waals surface area contributed by atoms with Gasteiger partial charge < -0.3 is 31.9 Å². The molecule has 0 aromatic rings. The van der Waals surface area contributed by atoms with E-state index in [9.17, 15) is 19.2 Å². The molecule has 6 N–H and O–H groups in total. The van der Waals surface area contributed by atoms with Crippen molar-refractivity contribution >= 4 is 23.6 Å². The topological polar surface area (TPSA) is 151 Å². The molecule has 0 saturated carbocycles. The van der Waals surface area contributed by atoms with E-state index in [0.717, 1.165) is 38.8 Å². The summed E-state index contributed by atoms with van der Waals surface area (Å²) in [5.41, 5.74) is 11.5. The van der Waals surface area contributed by atoms with Crippen LogP contribution in [0.4, 0.5) is 0 Å². The summed E-state index contributed by atoms with van der Waals surface area (Å²) in [5.74, 6) is -0.554. The molecule has 4 amide bonds. The molecule has 2 heterocycles. The maximum absolute atomic E-state index is 13.0.